The Kier molecular flexibility index (Phi) is 11.8. The van der Waals surface area contributed by atoms with Crippen LogP contribution in [-0.2, 0) is 9.59 Å². The number of hydrogen-bond donors (Lipinski definition) is 2. The van der Waals surface area contributed by atoms with Crippen molar-refractivity contribution in [2.24, 2.45) is 11.8 Å². The molecule has 140 valence electrons. The van der Waals surface area contributed by atoms with Gasteiger partial charge in [-0.05, 0) is 51.1 Å². The zero-order valence-corrected chi connectivity index (χ0v) is 16.1. The van der Waals surface area contributed by atoms with Gasteiger partial charge in [0, 0.05) is 12.5 Å². The second kappa shape index (κ2) is 12.3. The van der Waals surface area contributed by atoms with E-state index in [2.05, 4.69) is 10.6 Å². The van der Waals surface area contributed by atoms with Gasteiger partial charge in [-0.2, -0.15) is 7.05 Å². The van der Waals surface area contributed by atoms with Crippen LogP contribution in [0.5, 0.6) is 0 Å². The van der Waals surface area contributed by atoms with Crippen molar-refractivity contribution in [3.8, 4) is 0 Å². The summed E-state index contributed by atoms with van der Waals surface area (Å²) in [4.78, 5) is 23.9. The van der Waals surface area contributed by atoms with E-state index < -0.39 is 12.1 Å². The van der Waals surface area contributed by atoms with Gasteiger partial charge in [-0.1, -0.05) is 32.9 Å². The molecule has 0 aromatic heterocycles. The molecule has 3 unspecified atom stereocenters. The van der Waals surface area contributed by atoms with Gasteiger partial charge in [0.05, 0.1) is 6.04 Å². The Morgan fingerprint density at radius 3 is 2.33 bits per heavy atom. The Morgan fingerprint density at radius 1 is 1.25 bits per heavy atom. The van der Waals surface area contributed by atoms with E-state index in [0.29, 0.717) is 19.4 Å². The predicted octanol–water partition coefficient (Wildman–Crippen LogP) is 2.87. The number of Topliss-reactive ketones (excluding diaryl/α,β-unsaturated/α-hetero) is 2. The summed E-state index contributed by atoms with van der Waals surface area (Å²) in [6, 6.07) is -0.836. The molecular formula is C19H35N2O3-. The molecule has 0 aromatic carbocycles. The normalized spacial score (nSPS) is 17.0. The molecule has 2 N–H and O–H groups in total. The fourth-order valence-corrected chi connectivity index (χ4v) is 2.81. The number of aliphatic hydroxyl groups excluding tert-OH is 1. The molecule has 4 atom stereocenters. The number of nitrogens with one attached hydrogen (secondary N) is 1. The van der Waals surface area contributed by atoms with Crippen molar-refractivity contribution in [3.63, 3.8) is 0 Å². The van der Waals surface area contributed by atoms with Crippen molar-refractivity contribution in [3.05, 3.63) is 17.5 Å². The van der Waals surface area contributed by atoms with Crippen molar-refractivity contribution < 1.29 is 14.7 Å². The van der Waals surface area contributed by atoms with E-state index in [4.69, 9.17) is 0 Å². The van der Waals surface area contributed by atoms with Crippen LogP contribution in [0.3, 0.4) is 0 Å². The van der Waals surface area contributed by atoms with Crippen LogP contribution >= 0.6 is 0 Å². The average molecular weight is 340 g/mol. The second-order valence-electron chi connectivity index (χ2n) is 6.83. The lowest BCUT2D eigenvalue weighted by Crippen LogP contribution is -2.41. The Morgan fingerprint density at radius 2 is 1.88 bits per heavy atom. The summed E-state index contributed by atoms with van der Waals surface area (Å²) in [7, 11) is 1.58. The first-order valence-electron chi connectivity index (χ1n) is 8.90. The molecule has 0 radical (unpaired) electrons. The van der Waals surface area contributed by atoms with E-state index in [1.165, 1.54) is 0 Å². The summed E-state index contributed by atoms with van der Waals surface area (Å²) in [5.41, 5.74) is 0. The van der Waals surface area contributed by atoms with Gasteiger partial charge in [-0.15, -0.1) is 0 Å². The summed E-state index contributed by atoms with van der Waals surface area (Å²) in [5.74, 6) is 0.292. The summed E-state index contributed by atoms with van der Waals surface area (Å²) >= 11 is 0. The monoisotopic (exact) mass is 339 g/mol. The van der Waals surface area contributed by atoms with E-state index in [1.54, 1.807) is 14.0 Å². The molecule has 0 rings (SSSR count). The minimum absolute atomic E-state index is 0.0139. The lowest BCUT2D eigenvalue weighted by atomic mass is 9.91. The largest absolute Gasteiger partial charge is 0.654 e. The molecule has 0 saturated heterocycles. The Balaban J connectivity index is 4.39. The topological polar surface area (TPSA) is 80.5 Å². The van der Waals surface area contributed by atoms with Crippen LogP contribution in [0.2, 0.25) is 0 Å². The number of carbonyl (C=O) groups excluding carboxylic acids is 2. The van der Waals surface area contributed by atoms with Crippen LogP contribution in [0.4, 0.5) is 0 Å². The van der Waals surface area contributed by atoms with Gasteiger partial charge >= 0.3 is 0 Å². The third kappa shape index (κ3) is 8.18. The number of carbonyl (C=O) groups is 2. The fraction of sp³-hybridized carbons (Fsp3) is 0.789. The van der Waals surface area contributed by atoms with Crippen molar-refractivity contribution in [2.75, 3.05) is 13.6 Å². The Hall–Kier alpha value is -1.04. The van der Waals surface area contributed by atoms with Gasteiger partial charge in [-0.3, -0.25) is 4.79 Å². The number of hydrogen-bond acceptors (Lipinski definition) is 4. The quantitative estimate of drug-likeness (QED) is 0.399. The first-order chi connectivity index (χ1) is 11.3. The highest BCUT2D eigenvalue weighted by Gasteiger charge is 2.22. The lowest BCUT2D eigenvalue weighted by molar-refractivity contribution is -0.122. The third-order valence-electron chi connectivity index (χ3n) is 4.33. The third-order valence-corrected chi connectivity index (χ3v) is 4.33. The molecule has 0 spiro atoms. The van der Waals surface area contributed by atoms with Crippen LogP contribution in [0.1, 0.15) is 53.9 Å². The molecule has 0 heterocycles. The number of nitrogens with zero attached hydrogens (tertiary/aromatic N) is 1. The van der Waals surface area contributed by atoms with Crippen LogP contribution in [-0.4, -0.2) is 48.5 Å². The first kappa shape index (κ1) is 23.0. The maximum absolute atomic E-state index is 12.3. The summed E-state index contributed by atoms with van der Waals surface area (Å²) in [6.45, 7) is 10.0. The average Bonchev–Trinajstić information content (AvgIpc) is 2.51. The van der Waals surface area contributed by atoms with E-state index in [-0.39, 0.29) is 29.4 Å². The number of allylic oxidation sites excluding steroid dienone is 2. The van der Waals surface area contributed by atoms with Crippen molar-refractivity contribution in [1.29, 1.82) is 0 Å². The molecule has 24 heavy (non-hydrogen) atoms. The zero-order chi connectivity index (χ0) is 18.7. The molecule has 0 aliphatic carbocycles. The van der Waals surface area contributed by atoms with Crippen LogP contribution in [0.25, 0.3) is 5.32 Å². The van der Waals surface area contributed by atoms with Gasteiger partial charge in [0.2, 0.25) is 0 Å². The van der Waals surface area contributed by atoms with Crippen molar-refractivity contribution in [2.45, 2.75) is 72.1 Å². The lowest BCUT2D eigenvalue weighted by Gasteiger charge is -2.34. The summed E-state index contributed by atoms with van der Waals surface area (Å²) in [5, 5.41) is 17.7. The molecule has 0 aliphatic heterocycles. The molecule has 5 heteroatoms. The fourth-order valence-electron chi connectivity index (χ4n) is 2.81. The predicted molar refractivity (Wildman–Crippen MR) is 99.2 cm³/mol. The molecule has 0 bridgehead atoms. The first-order valence-corrected chi connectivity index (χ1v) is 8.90. The number of aliphatic hydroxyl groups is 1. The molecule has 0 saturated carbocycles. The Bertz CT molecular complexity index is 407. The molecule has 0 aliphatic rings. The SMILES string of the molecule is C/C=C/CC(C)C(O)C([N-]C)C(=O)CCCN[C@@H](C(C)=O)C(C)C. The van der Waals surface area contributed by atoms with Gasteiger partial charge in [0.1, 0.15) is 11.6 Å². The number of rotatable bonds is 13. The van der Waals surface area contributed by atoms with Gasteiger partial charge in [0.25, 0.3) is 0 Å². The molecular weight excluding hydrogens is 304 g/mol. The summed E-state index contributed by atoms with van der Waals surface area (Å²) in [6.07, 6.45) is 4.89. The highest BCUT2D eigenvalue weighted by atomic mass is 16.3. The highest BCUT2D eigenvalue weighted by Crippen LogP contribution is 2.19. The molecule has 0 amide bonds. The molecule has 0 fully saturated rings. The maximum atomic E-state index is 12.3. The van der Waals surface area contributed by atoms with Crippen LogP contribution in [0.15, 0.2) is 12.2 Å². The van der Waals surface area contributed by atoms with Gasteiger partial charge in [0.15, 0.2) is 0 Å². The molecule has 5 nitrogen and oxygen atoms in total. The van der Waals surface area contributed by atoms with E-state index in [1.807, 2.05) is 39.8 Å². The summed E-state index contributed by atoms with van der Waals surface area (Å²) < 4.78 is 0. The second-order valence-corrected chi connectivity index (χ2v) is 6.83. The standard InChI is InChI=1S/C19H35N2O3/c1-7-8-10-14(4)19(24)18(20-6)16(23)11-9-12-21-17(13(2)3)15(5)22/h7-8,13-14,17-19,21,24H,9-12H2,1-6H3/q-1/b8-7+/t14?,17-,18?,19?/m1/s1. The minimum Gasteiger partial charge on any atom is -0.654 e. The van der Waals surface area contributed by atoms with Crippen LogP contribution < -0.4 is 5.32 Å². The number of ketones is 2. The zero-order valence-electron chi connectivity index (χ0n) is 16.1. The van der Waals surface area contributed by atoms with Gasteiger partial charge < -0.3 is 20.5 Å². The van der Waals surface area contributed by atoms with Crippen molar-refractivity contribution >= 4 is 11.6 Å². The smallest absolute Gasteiger partial charge is 0.146 e. The minimum atomic E-state index is -0.757. The van der Waals surface area contributed by atoms with Gasteiger partial charge in [-0.25, -0.2) is 0 Å². The highest BCUT2D eigenvalue weighted by molar-refractivity contribution is 5.86. The van der Waals surface area contributed by atoms with E-state index >= 15 is 0 Å². The van der Waals surface area contributed by atoms with E-state index in [0.717, 1.165) is 6.42 Å². The Labute approximate surface area is 147 Å². The number of likely N-dealkylation sites (N-methyl/N-ethyl adjacent to an activating group) is 1. The van der Waals surface area contributed by atoms with Crippen molar-refractivity contribution in [1.82, 2.24) is 5.32 Å². The van der Waals surface area contributed by atoms with E-state index in [9.17, 15) is 14.7 Å². The maximum Gasteiger partial charge on any atom is 0.146 e. The van der Waals surface area contributed by atoms with Crippen LogP contribution in [0, 0.1) is 11.8 Å². The molecule has 0 aromatic rings.